The van der Waals surface area contributed by atoms with E-state index in [2.05, 4.69) is 5.32 Å². The third kappa shape index (κ3) is 4.98. The number of sulfonamides is 2. The molecule has 0 unspecified atom stereocenters. The molecular formula is C19H23N3O6S2. The normalized spacial score (nSPS) is 15.5. The Bertz CT molecular complexity index is 1110. The maximum Gasteiger partial charge on any atom is 0.255 e. The third-order valence-electron chi connectivity index (χ3n) is 4.71. The van der Waals surface area contributed by atoms with Crippen LogP contribution in [0.15, 0.2) is 53.4 Å². The van der Waals surface area contributed by atoms with Crippen LogP contribution in [0.4, 0.5) is 11.4 Å². The molecule has 0 atom stereocenters. The zero-order chi connectivity index (χ0) is 21.9. The molecule has 1 fully saturated rings. The zero-order valence-corrected chi connectivity index (χ0v) is 18.2. The Labute approximate surface area is 176 Å². The van der Waals surface area contributed by atoms with Gasteiger partial charge in [-0.15, -0.1) is 0 Å². The fourth-order valence-corrected chi connectivity index (χ4v) is 4.78. The highest BCUT2D eigenvalue weighted by Gasteiger charge is 2.26. The Hall–Kier alpha value is -2.47. The lowest BCUT2D eigenvalue weighted by Gasteiger charge is -2.26. The number of ether oxygens (including phenoxy) is 1. The summed E-state index contributed by atoms with van der Waals surface area (Å²) >= 11 is 0. The lowest BCUT2D eigenvalue weighted by atomic mass is 10.2. The van der Waals surface area contributed by atoms with Gasteiger partial charge in [-0.05, 0) is 48.5 Å². The molecule has 30 heavy (non-hydrogen) atoms. The Morgan fingerprint density at radius 1 is 0.967 bits per heavy atom. The van der Waals surface area contributed by atoms with E-state index in [0.717, 1.165) is 10.6 Å². The van der Waals surface area contributed by atoms with Gasteiger partial charge in [-0.25, -0.2) is 16.8 Å². The minimum atomic E-state index is -3.60. The van der Waals surface area contributed by atoms with Crippen LogP contribution in [0.2, 0.25) is 0 Å². The summed E-state index contributed by atoms with van der Waals surface area (Å²) in [5.74, 6) is -0.396. The number of amides is 1. The van der Waals surface area contributed by atoms with E-state index in [1.54, 1.807) is 0 Å². The van der Waals surface area contributed by atoms with Crippen LogP contribution in [-0.2, 0) is 24.8 Å². The summed E-state index contributed by atoms with van der Waals surface area (Å²) in [6.45, 7) is 1.36. The van der Waals surface area contributed by atoms with Gasteiger partial charge in [0, 0.05) is 31.4 Å². The minimum Gasteiger partial charge on any atom is -0.379 e. The molecule has 162 valence electrons. The van der Waals surface area contributed by atoms with Gasteiger partial charge < -0.3 is 10.1 Å². The molecule has 2 aromatic rings. The molecule has 1 heterocycles. The number of hydrogen-bond acceptors (Lipinski definition) is 6. The zero-order valence-electron chi connectivity index (χ0n) is 16.6. The minimum absolute atomic E-state index is 0.149. The van der Waals surface area contributed by atoms with Crippen molar-refractivity contribution in [2.45, 2.75) is 4.90 Å². The lowest BCUT2D eigenvalue weighted by Crippen LogP contribution is -2.40. The number of carbonyl (C=O) groups is 1. The molecule has 1 aliphatic heterocycles. The van der Waals surface area contributed by atoms with Crippen LogP contribution < -0.4 is 9.62 Å². The number of rotatable bonds is 6. The molecule has 0 spiro atoms. The van der Waals surface area contributed by atoms with Gasteiger partial charge in [0.2, 0.25) is 20.0 Å². The van der Waals surface area contributed by atoms with Crippen LogP contribution >= 0.6 is 0 Å². The summed E-state index contributed by atoms with van der Waals surface area (Å²) in [6, 6.07) is 12.1. The second-order valence-electron chi connectivity index (χ2n) is 6.77. The Kier molecular flexibility index (Phi) is 6.46. The molecule has 2 aromatic carbocycles. The largest absolute Gasteiger partial charge is 0.379 e. The summed E-state index contributed by atoms with van der Waals surface area (Å²) < 4.78 is 56.1. The van der Waals surface area contributed by atoms with E-state index in [1.165, 1.54) is 59.9 Å². The number of anilines is 2. The Balaban J connectivity index is 1.69. The number of nitrogens with one attached hydrogen (secondary N) is 1. The third-order valence-corrected chi connectivity index (χ3v) is 7.83. The monoisotopic (exact) mass is 453 g/mol. The van der Waals surface area contributed by atoms with Crippen molar-refractivity contribution in [1.29, 1.82) is 0 Å². The maximum atomic E-state index is 12.6. The molecule has 1 amide bonds. The second-order valence-corrected chi connectivity index (χ2v) is 10.7. The van der Waals surface area contributed by atoms with E-state index in [0.29, 0.717) is 43.2 Å². The molecule has 3 rings (SSSR count). The summed E-state index contributed by atoms with van der Waals surface area (Å²) in [7, 11) is -5.56. The van der Waals surface area contributed by atoms with E-state index in [9.17, 15) is 21.6 Å². The summed E-state index contributed by atoms with van der Waals surface area (Å²) in [5, 5.41) is 2.70. The first kappa shape index (κ1) is 22.2. The second kappa shape index (κ2) is 8.72. The van der Waals surface area contributed by atoms with E-state index in [4.69, 9.17) is 4.74 Å². The van der Waals surface area contributed by atoms with Gasteiger partial charge in [-0.1, -0.05) is 0 Å². The maximum absolute atomic E-state index is 12.6. The van der Waals surface area contributed by atoms with Crippen molar-refractivity contribution in [3.63, 3.8) is 0 Å². The van der Waals surface area contributed by atoms with Crippen molar-refractivity contribution >= 4 is 37.3 Å². The summed E-state index contributed by atoms with van der Waals surface area (Å²) in [6.07, 6.45) is 1.09. The van der Waals surface area contributed by atoms with Gasteiger partial charge >= 0.3 is 0 Å². The van der Waals surface area contributed by atoms with Crippen molar-refractivity contribution in [2.75, 3.05) is 49.2 Å². The van der Waals surface area contributed by atoms with Crippen LogP contribution in [0.5, 0.6) is 0 Å². The predicted molar refractivity (Wildman–Crippen MR) is 114 cm³/mol. The number of carbonyl (C=O) groups excluding carboxylic acids is 1. The van der Waals surface area contributed by atoms with Crippen molar-refractivity contribution in [1.82, 2.24) is 4.31 Å². The summed E-state index contributed by atoms with van der Waals surface area (Å²) in [4.78, 5) is 12.6. The number of nitrogens with zero attached hydrogens (tertiary/aromatic N) is 2. The first-order chi connectivity index (χ1) is 14.1. The first-order valence-corrected chi connectivity index (χ1v) is 12.4. The fourth-order valence-electron chi connectivity index (χ4n) is 2.86. The van der Waals surface area contributed by atoms with Gasteiger partial charge in [0.25, 0.3) is 5.91 Å². The predicted octanol–water partition coefficient (Wildman–Crippen LogP) is 1.36. The van der Waals surface area contributed by atoms with Crippen molar-refractivity contribution in [2.24, 2.45) is 0 Å². The van der Waals surface area contributed by atoms with Crippen LogP contribution in [0.3, 0.4) is 0 Å². The highest BCUT2D eigenvalue weighted by molar-refractivity contribution is 7.92. The average molecular weight is 454 g/mol. The summed E-state index contributed by atoms with van der Waals surface area (Å²) in [5.41, 5.74) is 1.22. The molecule has 11 heteroatoms. The van der Waals surface area contributed by atoms with Crippen LogP contribution in [-0.4, -0.2) is 66.7 Å². The smallest absolute Gasteiger partial charge is 0.255 e. The highest BCUT2D eigenvalue weighted by atomic mass is 32.2. The van der Waals surface area contributed by atoms with Gasteiger partial charge in [0.1, 0.15) is 0 Å². The standard InChI is InChI=1S/C19H23N3O6S2/c1-21(29(2,24)25)17-7-3-15(4-8-17)19(23)20-16-5-9-18(10-6-16)30(26,27)22-11-13-28-14-12-22/h3-10H,11-14H2,1-2H3,(H,20,23). The first-order valence-electron chi connectivity index (χ1n) is 9.12. The number of morpholine rings is 1. The van der Waals surface area contributed by atoms with Crippen molar-refractivity contribution in [3.05, 3.63) is 54.1 Å². The molecule has 1 aliphatic rings. The average Bonchev–Trinajstić information content (AvgIpc) is 2.73. The van der Waals surface area contributed by atoms with Gasteiger partial charge in [0.05, 0.1) is 30.1 Å². The molecule has 1 N–H and O–H groups in total. The van der Waals surface area contributed by atoms with Crippen LogP contribution in [0, 0.1) is 0 Å². The van der Waals surface area contributed by atoms with Gasteiger partial charge in [-0.2, -0.15) is 4.31 Å². The molecule has 0 bridgehead atoms. The number of hydrogen-bond donors (Lipinski definition) is 1. The highest BCUT2D eigenvalue weighted by Crippen LogP contribution is 2.21. The van der Waals surface area contributed by atoms with Crippen LogP contribution in [0.25, 0.3) is 0 Å². The van der Waals surface area contributed by atoms with Gasteiger partial charge in [0.15, 0.2) is 0 Å². The Morgan fingerprint density at radius 3 is 2.07 bits per heavy atom. The number of benzene rings is 2. The quantitative estimate of drug-likeness (QED) is 0.707. The molecule has 0 saturated carbocycles. The van der Waals surface area contributed by atoms with E-state index in [1.807, 2.05) is 0 Å². The molecule has 9 nitrogen and oxygen atoms in total. The Morgan fingerprint density at radius 2 is 1.53 bits per heavy atom. The van der Waals surface area contributed by atoms with E-state index in [-0.39, 0.29) is 4.90 Å². The van der Waals surface area contributed by atoms with Crippen molar-refractivity contribution in [3.8, 4) is 0 Å². The van der Waals surface area contributed by atoms with E-state index >= 15 is 0 Å². The van der Waals surface area contributed by atoms with Crippen LogP contribution in [0.1, 0.15) is 10.4 Å². The lowest BCUT2D eigenvalue weighted by molar-refractivity contribution is 0.0730. The molecular weight excluding hydrogens is 430 g/mol. The fraction of sp³-hybridized carbons (Fsp3) is 0.316. The SMILES string of the molecule is CN(c1ccc(C(=O)Nc2ccc(S(=O)(=O)N3CCOCC3)cc2)cc1)S(C)(=O)=O. The molecule has 0 aromatic heterocycles. The molecule has 0 radical (unpaired) electrons. The molecule has 1 saturated heterocycles. The molecule has 0 aliphatic carbocycles. The van der Waals surface area contributed by atoms with E-state index < -0.39 is 26.0 Å². The van der Waals surface area contributed by atoms with Gasteiger partial charge in [-0.3, -0.25) is 9.10 Å². The van der Waals surface area contributed by atoms with Crippen molar-refractivity contribution < 1.29 is 26.4 Å². The topological polar surface area (TPSA) is 113 Å².